The van der Waals surface area contributed by atoms with Gasteiger partial charge in [-0.25, -0.2) is 0 Å². The molecule has 0 fully saturated rings. The van der Waals surface area contributed by atoms with Crippen LogP contribution in [0.15, 0.2) is 106 Å². The van der Waals surface area contributed by atoms with E-state index < -0.39 is 0 Å². The second-order valence-corrected chi connectivity index (χ2v) is 11.9. The minimum Gasteiger partial charge on any atom is -0.494 e. The van der Waals surface area contributed by atoms with Gasteiger partial charge in [0.15, 0.2) is 0 Å². The third-order valence-electron chi connectivity index (χ3n) is 7.33. The van der Waals surface area contributed by atoms with Gasteiger partial charge in [0.1, 0.15) is 22.9 Å². The monoisotopic (exact) mass is 590 g/mol. The first-order chi connectivity index (χ1) is 20.7. The van der Waals surface area contributed by atoms with Crippen LogP contribution in [0, 0.1) is 0 Å². The molecule has 0 aliphatic carbocycles. The highest BCUT2D eigenvalue weighted by molar-refractivity contribution is 7.58. The minimum absolute atomic E-state index is 0.764. The number of hydrogen-bond acceptors (Lipinski definition) is 5. The summed E-state index contributed by atoms with van der Waals surface area (Å²) in [6.45, 7) is 5.87. The predicted octanol–water partition coefficient (Wildman–Crippen LogP) is 11.5. The summed E-state index contributed by atoms with van der Waals surface area (Å²) in [6, 6.07) is 34.2. The van der Waals surface area contributed by atoms with Crippen LogP contribution in [-0.4, -0.2) is 13.2 Å². The van der Waals surface area contributed by atoms with Crippen LogP contribution < -0.4 is 9.47 Å². The van der Waals surface area contributed by atoms with Crippen LogP contribution in [0.3, 0.4) is 0 Å². The molecule has 5 aromatic rings. The van der Waals surface area contributed by atoms with Crippen molar-refractivity contribution in [3.63, 3.8) is 0 Å². The van der Waals surface area contributed by atoms with Gasteiger partial charge in [0, 0.05) is 0 Å². The lowest BCUT2D eigenvalue weighted by atomic mass is 10.0. The van der Waals surface area contributed by atoms with Crippen molar-refractivity contribution in [2.75, 3.05) is 13.2 Å². The fraction of sp³-hybridized carbons (Fsp3) is 0.222. The highest BCUT2D eigenvalue weighted by Gasteiger charge is 2.22. The summed E-state index contributed by atoms with van der Waals surface area (Å²) >= 11 is 3.04. The van der Waals surface area contributed by atoms with E-state index >= 15 is 0 Å². The fourth-order valence-electron chi connectivity index (χ4n) is 4.86. The Hall–Kier alpha value is -4.00. The molecule has 1 aliphatic heterocycles. The van der Waals surface area contributed by atoms with Crippen LogP contribution in [0.5, 0.6) is 11.5 Å². The molecule has 0 radical (unpaired) electrons. The van der Waals surface area contributed by atoms with Crippen LogP contribution >= 0.6 is 11.3 Å². The zero-order valence-electron chi connectivity index (χ0n) is 24.0. The maximum atomic E-state index is 5.82. The Morgan fingerprint density at radius 1 is 0.476 bits per heavy atom. The van der Waals surface area contributed by atoms with E-state index in [-0.39, 0.29) is 0 Å². The van der Waals surface area contributed by atoms with Crippen LogP contribution in [0.4, 0.5) is 11.4 Å². The Kier molecular flexibility index (Phi) is 8.92. The van der Waals surface area contributed by atoms with Crippen molar-refractivity contribution >= 4 is 34.1 Å². The zero-order valence-corrected chi connectivity index (χ0v) is 25.6. The highest BCUT2D eigenvalue weighted by Crippen LogP contribution is 2.54. The molecule has 0 saturated heterocycles. The van der Waals surface area contributed by atoms with Crippen LogP contribution in [0.2, 0.25) is 0 Å². The summed E-state index contributed by atoms with van der Waals surface area (Å²) in [5.41, 5.74) is 8.98. The Morgan fingerprint density at radius 3 is 1.17 bits per heavy atom. The van der Waals surface area contributed by atoms with E-state index in [9.17, 15) is 0 Å². The normalized spacial score (nSPS) is 11.8. The van der Waals surface area contributed by atoms with Gasteiger partial charge in [-0.1, -0.05) is 99.5 Å². The Bertz CT molecular complexity index is 1580. The fourth-order valence-corrected chi connectivity index (χ4v) is 6.73. The molecule has 0 bridgehead atoms. The summed E-state index contributed by atoms with van der Waals surface area (Å²) in [5.74, 6) is 1.85. The zero-order chi connectivity index (χ0) is 28.7. The van der Waals surface area contributed by atoms with E-state index in [4.69, 9.17) is 9.47 Å². The maximum Gasteiger partial charge on any atom is 0.124 e. The third kappa shape index (κ3) is 6.25. The van der Waals surface area contributed by atoms with E-state index in [1.807, 2.05) is 0 Å². The van der Waals surface area contributed by atoms with E-state index in [0.29, 0.717) is 0 Å². The molecule has 0 amide bonds. The molecule has 0 spiro atoms. The molecule has 1 aliphatic rings. The van der Waals surface area contributed by atoms with Gasteiger partial charge >= 0.3 is 0 Å². The number of fused-ring (bicyclic) bond motifs is 1. The first-order valence-electron chi connectivity index (χ1n) is 14.7. The van der Waals surface area contributed by atoms with Crippen LogP contribution in [-0.2, 0) is 11.4 Å². The molecular weight excluding hydrogens is 557 g/mol. The van der Waals surface area contributed by atoms with Crippen molar-refractivity contribution in [3.05, 3.63) is 97.1 Å². The quantitative estimate of drug-likeness (QED) is 0.133. The summed E-state index contributed by atoms with van der Waals surface area (Å²) < 4.78 is 21.0. The largest absolute Gasteiger partial charge is 0.494 e. The maximum absolute atomic E-state index is 5.82. The molecular formula is C36H34N2O2S2. The molecule has 6 rings (SSSR count). The molecule has 4 aromatic carbocycles. The van der Waals surface area contributed by atoms with E-state index in [1.54, 1.807) is 11.3 Å². The van der Waals surface area contributed by atoms with Gasteiger partial charge in [-0.15, -0.1) is 11.3 Å². The summed E-state index contributed by atoms with van der Waals surface area (Å²) in [6.07, 6.45) is 4.42. The van der Waals surface area contributed by atoms with Crippen molar-refractivity contribution in [2.45, 2.75) is 39.5 Å². The van der Waals surface area contributed by atoms with Crippen LogP contribution in [0.25, 0.3) is 43.1 Å². The van der Waals surface area contributed by atoms with Crippen LogP contribution in [0.1, 0.15) is 39.5 Å². The number of unbranched alkanes of at least 4 members (excludes halogenated alkanes) is 2. The first kappa shape index (κ1) is 28.1. The summed E-state index contributed by atoms with van der Waals surface area (Å²) in [7, 11) is 0. The molecule has 0 N–H and O–H groups in total. The molecule has 0 unspecified atom stereocenters. The Balaban J connectivity index is 1.19. The lowest BCUT2D eigenvalue weighted by molar-refractivity contribution is 0.309. The molecule has 4 nitrogen and oxygen atoms in total. The number of hydrogen-bond donors (Lipinski definition) is 0. The molecule has 0 saturated carbocycles. The lowest BCUT2D eigenvalue weighted by Crippen LogP contribution is -1.95. The van der Waals surface area contributed by atoms with Gasteiger partial charge in [0.05, 0.1) is 34.3 Å². The van der Waals surface area contributed by atoms with Crippen molar-refractivity contribution in [1.29, 1.82) is 0 Å². The van der Waals surface area contributed by atoms with Gasteiger partial charge in [-0.2, -0.15) is 8.73 Å². The van der Waals surface area contributed by atoms with Crippen molar-refractivity contribution in [1.82, 2.24) is 0 Å². The van der Waals surface area contributed by atoms with Gasteiger partial charge < -0.3 is 9.47 Å². The minimum atomic E-state index is 0.764. The second kappa shape index (κ2) is 13.3. The van der Waals surface area contributed by atoms with Gasteiger partial charge in [0.25, 0.3) is 0 Å². The standard InChI is InChI=1S/C36H34N2O2S2/c1-3-5-23-39-31-19-15-27(16-20-31)25-7-11-29(12-8-25)35-33-34(38-42-37-33)36(41-35)30-13-9-26(10-14-30)28-17-21-32(22-18-28)40-24-6-4-2/h7-22H,3-6,23-24H2,1-2H3. The molecule has 6 heteroatoms. The van der Waals surface area contributed by atoms with Crippen molar-refractivity contribution in [3.8, 4) is 54.6 Å². The Labute approximate surface area is 255 Å². The number of rotatable bonds is 12. The topological polar surface area (TPSA) is 43.2 Å². The smallest absolute Gasteiger partial charge is 0.124 e. The number of thiophene rings is 1. The average Bonchev–Trinajstić information content (AvgIpc) is 3.66. The van der Waals surface area contributed by atoms with E-state index in [0.717, 1.165) is 82.7 Å². The molecule has 1 aromatic heterocycles. The lowest BCUT2D eigenvalue weighted by Gasteiger charge is -2.08. The molecule has 2 heterocycles. The number of ether oxygens (including phenoxy) is 2. The third-order valence-corrected chi connectivity index (χ3v) is 9.12. The number of benzene rings is 4. The number of nitrogens with zero attached hydrogens (tertiary/aromatic N) is 2. The van der Waals surface area contributed by atoms with Gasteiger partial charge in [-0.05, 0) is 70.5 Å². The van der Waals surface area contributed by atoms with Gasteiger partial charge in [-0.3, -0.25) is 0 Å². The van der Waals surface area contributed by atoms with E-state index in [2.05, 4.69) is 120 Å². The summed E-state index contributed by atoms with van der Waals surface area (Å²) in [4.78, 5) is 2.31. The van der Waals surface area contributed by atoms with Gasteiger partial charge in [0.2, 0.25) is 0 Å². The Morgan fingerprint density at radius 2 is 0.810 bits per heavy atom. The van der Waals surface area contributed by atoms with Crippen molar-refractivity contribution < 1.29 is 9.47 Å². The SMILES string of the molecule is CCCCOc1ccc(-c2ccc(-c3sc(-c4ccc(-c5ccc(OCCCC)cc5)cc4)c4c3N=S=N4)cc2)cc1. The van der Waals surface area contributed by atoms with E-state index in [1.165, 1.54) is 33.6 Å². The molecule has 42 heavy (non-hydrogen) atoms. The average molecular weight is 591 g/mol. The molecule has 212 valence electrons. The predicted molar refractivity (Wildman–Crippen MR) is 178 cm³/mol. The van der Waals surface area contributed by atoms with Crippen molar-refractivity contribution in [2.24, 2.45) is 8.73 Å². The summed E-state index contributed by atoms with van der Waals surface area (Å²) in [5, 5.41) is 0. The second-order valence-electron chi connectivity index (χ2n) is 10.3. The first-order valence-corrected chi connectivity index (χ1v) is 16.2. The highest BCUT2D eigenvalue weighted by atomic mass is 32.1. The molecule has 0 atom stereocenters.